The number of nitrogens with zero attached hydrogens (tertiary/aromatic N) is 3. The quantitative estimate of drug-likeness (QED) is 0.757. The molecule has 23 heavy (non-hydrogen) atoms. The Balaban J connectivity index is 1.51. The summed E-state index contributed by atoms with van der Waals surface area (Å²) in [7, 11) is 1.62. The van der Waals surface area contributed by atoms with E-state index in [0.29, 0.717) is 23.3 Å². The van der Waals surface area contributed by atoms with Gasteiger partial charge in [0, 0.05) is 30.8 Å². The van der Waals surface area contributed by atoms with E-state index in [1.165, 1.54) is 11.8 Å². The van der Waals surface area contributed by atoms with Gasteiger partial charge in [0.05, 0.1) is 7.11 Å². The van der Waals surface area contributed by atoms with Crippen LogP contribution in [0.15, 0.2) is 33.9 Å². The highest BCUT2D eigenvalue weighted by atomic mass is 32.2. The lowest BCUT2D eigenvalue weighted by Gasteiger charge is -2.14. The molecule has 0 N–H and O–H groups in total. The summed E-state index contributed by atoms with van der Waals surface area (Å²) in [5, 5.41) is 8.55. The average Bonchev–Trinajstić information content (AvgIpc) is 3.27. The minimum Gasteiger partial charge on any atom is -0.497 e. The molecule has 0 unspecified atom stereocenters. The number of likely N-dealkylation sites (tertiary alicyclic amines) is 1. The molecule has 2 aromatic rings. The SMILES string of the molecule is COc1ccc(-c2nnc(SCCC(=O)N3CCCC3)o2)cc1. The number of carbonyl (C=O) groups excluding carboxylic acids is 1. The van der Waals surface area contributed by atoms with E-state index in [1.807, 2.05) is 29.2 Å². The van der Waals surface area contributed by atoms with Gasteiger partial charge in [-0.1, -0.05) is 11.8 Å². The van der Waals surface area contributed by atoms with E-state index in [9.17, 15) is 4.79 Å². The summed E-state index contributed by atoms with van der Waals surface area (Å²) in [6.07, 6.45) is 2.74. The van der Waals surface area contributed by atoms with Crippen LogP contribution in [0, 0.1) is 0 Å². The van der Waals surface area contributed by atoms with Gasteiger partial charge in [-0.2, -0.15) is 0 Å². The monoisotopic (exact) mass is 333 g/mol. The van der Waals surface area contributed by atoms with Gasteiger partial charge in [-0.05, 0) is 37.1 Å². The predicted molar refractivity (Wildman–Crippen MR) is 87.4 cm³/mol. The minimum absolute atomic E-state index is 0.213. The molecule has 1 saturated heterocycles. The highest BCUT2D eigenvalue weighted by molar-refractivity contribution is 7.99. The van der Waals surface area contributed by atoms with Crippen molar-refractivity contribution in [1.82, 2.24) is 15.1 Å². The molecule has 1 aliphatic rings. The first-order valence-electron chi connectivity index (χ1n) is 7.65. The fourth-order valence-electron chi connectivity index (χ4n) is 2.47. The highest BCUT2D eigenvalue weighted by Gasteiger charge is 2.18. The van der Waals surface area contributed by atoms with Gasteiger partial charge in [0.15, 0.2) is 0 Å². The van der Waals surface area contributed by atoms with Gasteiger partial charge in [0.1, 0.15) is 5.75 Å². The number of aromatic nitrogens is 2. The summed E-state index contributed by atoms with van der Waals surface area (Å²) in [6.45, 7) is 1.79. The Morgan fingerprint density at radius 2 is 2.00 bits per heavy atom. The summed E-state index contributed by atoms with van der Waals surface area (Å²) in [4.78, 5) is 13.9. The molecule has 1 fully saturated rings. The molecular weight excluding hydrogens is 314 g/mol. The summed E-state index contributed by atoms with van der Waals surface area (Å²) in [5.41, 5.74) is 0.846. The fraction of sp³-hybridized carbons (Fsp3) is 0.438. The Hall–Kier alpha value is -2.02. The van der Waals surface area contributed by atoms with E-state index >= 15 is 0 Å². The van der Waals surface area contributed by atoms with Gasteiger partial charge in [0.2, 0.25) is 11.8 Å². The van der Waals surface area contributed by atoms with E-state index < -0.39 is 0 Å². The van der Waals surface area contributed by atoms with Gasteiger partial charge in [-0.25, -0.2) is 0 Å². The Kier molecular flexibility index (Phi) is 5.17. The standard InChI is InChI=1S/C16H19N3O3S/c1-21-13-6-4-12(5-7-13)15-17-18-16(22-15)23-11-8-14(20)19-9-2-3-10-19/h4-7H,2-3,8-11H2,1H3. The molecular formula is C16H19N3O3S. The number of hydrogen-bond donors (Lipinski definition) is 0. The van der Waals surface area contributed by atoms with E-state index in [0.717, 1.165) is 37.2 Å². The van der Waals surface area contributed by atoms with E-state index in [2.05, 4.69) is 10.2 Å². The van der Waals surface area contributed by atoms with Crippen molar-refractivity contribution < 1.29 is 13.9 Å². The zero-order valence-corrected chi connectivity index (χ0v) is 13.8. The van der Waals surface area contributed by atoms with Gasteiger partial charge >= 0.3 is 0 Å². The van der Waals surface area contributed by atoms with Crippen molar-refractivity contribution in [2.24, 2.45) is 0 Å². The first-order valence-corrected chi connectivity index (χ1v) is 8.63. The van der Waals surface area contributed by atoms with Crippen LogP contribution in [0.25, 0.3) is 11.5 Å². The number of hydrogen-bond acceptors (Lipinski definition) is 6. The molecule has 122 valence electrons. The van der Waals surface area contributed by atoms with Crippen LogP contribution in [0.4, 0.5) is 0 Å². The van der Waals surface area contributed by atoms with Gasteiger partial charge in [-0.3, -0.25) is 4.79 Å². The fourth-order valence-corrected chi connectivity index (χ4v) is 3.16. The number of benzene rings is 1. The number of thioether (sulfide) groups is 1. The molecule has 0 radical (unpaired) electrons. The lowest BCUT2D eigenvalue weighted by atomic mass is 10.2. The van der Waals surface area contributed by atoms with E-state index in [1.54, 1.807) is 7.11 Å². The highest BCUT2D eigenvalue weighted by Crippen LogP contribution is 2.25. The lowest BCUT2D eigenvalue weighted by molar-refractivity contribution is -0.129. The van der Waals surface area contributed by atoms with Crippen LogP contribution < -0.4 is 4.74 Å². The molecule has 0 spiro atoms. The number of rotatable bonds is 6. The number of methoxy groups -OCH3 is 1. The summed E-state index contributed by atoms with van der Waals surface area (Å²) in [5.74, 6) is 2.12. The average molecular weight is 333 g/mol. The second-order valence-corrected chi connectivity index (χ2v) is 6.33. The van der Waals surface area contributed by atoms with Crippen LogP contribution in [-0.2, 0) is 4.79 Å². The minimum atomic E-state index is 0.213. The maximum atomic E-state index is 12.0. The molecule has 1 aromatic carbocycles. The Labute approximate surface area is 139 Å². The third kappa shape index (κ3) is 4.04. The molecule has 6 nitrogen and oxygen atoms in total. The van der Waals surface area contributed by atoms with Crippen LogP contribution in [0.2, 0.25) is 0 Å². The van der Waals surface area contributed by atoms with E-state index in [4.69, 9.17) is 9.15 Å². The predicted octanol–water partition coefficient (Wildman–Crippen LogP) is 2.85. The third-order valence-electron chi connectivity index (χ3n) is 3.74. The first-order chi connectivity index (χ1) is 11.3. The Bertz CT molecular complexity index is 651. The summed E-state index contributed by atoms with van der Waals surface area (Å²) < 4.78 is 10.7. The van der Waals surface area contributed by atoms with Crippen molar-refractivity contribution in [3.05, 3.63) is 24.3 Å². The topological polar surface area (TPSA) is 68.5 Å². The molecule has 1 amide bonds. The molecule has 0 aliphatic carbocycles. The van der Waals surface area contributed by atoms with Crippen molar-refractivity contribution in [2.45, 2.75) is 24.5 Å². The molecule has 0 saturated carbocycles. The molecule has 0 atom stereocenters. The molecule has 1 aliphatic heterocycles. The second-order valence-electron chi connectivity index (χ2n) is 5.29. The maximum absolute atomic E-state index is 12.0. The lowest BCUT2D eigenvalue weighted by Crippen LogP contribution is -2.27. The van der Waals surface area contributed by atoms with E-state index in [-0.39, 0.29) is 5.91 Å². The van der Waals surface area contributed by atoms with Crippen molar-refractivity contribution >= 4 is 17.7 Å². The Morgan fingerprint density at radius 1 is 1.26 bits per heavy atom. The smallest absolute Gasteiger partial charge is 0.276 e. The zero-order chi connectivity index (χ0) is 16.1. The van der Waals surface area contributed by atoms with Crippen LogP contribution in [0.3, 0.4) is 0 Å². The molecule has 1 aromatic heterocycles. The second kappa shape index (κ2) is 7.50. The van der Waals surface area contributed by atoms with Crippen LogP contribution in [0.1, 0.15) is 19.3 Å². The van der Waals surface area contributed by atoms with Gasteiger partial charge in [0.25, 0.3) is 5.22 Å². The zero-order valence-electron chi connectivity index (χ0n) is 13.0. The van der Waals surface area contributed by atoms with Gasteiger partial charge < -0.3 is 14.1 Å². The van der Waals surface area contributed by atoms with Crippen LogP contribution in [-0.4, -0.2) is 47.0 Å². The number of ether oxygens (including phenoxy) is 1. The largest absolute Gasteiger partial charge is 0.497 e. The van der Waals surface area contributed by atoms with Crippen LogP contribution >= 0.6 is 11.8 Å². The maximum Gasteiger partial charge on any atom is 0.276 e. The molecule has 2 heterocycles. The van der Waals surface area contributed by atoms with Crippen molar-refractivity contribution in [3.63, 3.8) is 0 Å². The Morgan fingerprint density at radius 3 is 2.70 bits per heavy atom. The number of carbonyl (C=O) groups is 1. The normalized spacial score (nSPS) is 14.2. The molecule has 0 bridgehead atoms. The van der Waals surface area contributed by atoms with Crippen molar-refractivity contribution in [3.8, 4) is 17.2 Å². The first kappa shape index (κ1) is 15.9. The third-order valence-corrected chi connectivity index (χ3v) is 4.56. The van der Waals surface area contributed by atoms with Crippen molar-refractivity contribution in [1.29, 1.82) is 0 Å². The number of amides is 1. The summed E-state index contributed by atoms with van der Waals surface area (Å²) >= 11 is 1.42. The van der Waals surface area contributed by atoms with Gasteiger partial charge in [-0.15, -0.1) is 10.2 Å². The van der Waals surface area contributed by atoms with Crippen molar-refractivity contribution in [2.75, 3.05) is 26.0 Å². The molecule has 7 heteroatoms. The molecule has 3 rings (SSSR count). The summed E-state index contributed by atoms with van der Waals surface area (Å²) in [6, 6.07) is 7.44. The van der Waals surface area contributed by atoms with Crippen LogP contribution in [0.5, 0.6) is 5.75 Å².